The molecule has 178 valence electrons. The molecule has 0 spiro atoms. The van der Waals surface area contributed by atoms with E-state index in [2.05, 4.69) is 102 Å². The van der Waals surface area contributed by atoms with Gasteiger partial charge in [-0.2, -0.15) is 0 Å². The van der Waals surface area contributed by atoms with Gasteiger partial charge in [0, 0.05) is 60.7 Å². The van der Waals surface area contributed by atoms with E-state index in [1.54, 1.807) is 7.11 Å². The first-order valence-electron chi connectivity index (χ1n) is 11.5. The number of fused-ring (bicyclic) bond motifs is 8. The van der Waals surface area contributed by atoms with Crippen molar-refractivity contribution in [1.82, 2.24) is 19.9 Å². The number of aromatic amines is 2. The van der Waals surface area contributed by atoms with Gasteiger partial charge in [0.15, 0.2) is 5.75 Å². The van der Waals surface area contributed by atoms with Gasteiger partial charge in [-0.1, -0.05) is 27.7 Å². The second-order valence-corrected chi connectivity index (χ2v) is 12.3. The summed E-state index contributed by atoms with van der Waals surface area (Å²) in [4.78, 5) is 17.3. The summed E-state index contributed by atoms with van der Waals surface area (Å²) < 4.78 is 8.02. The average Bonchev–Trinajstić information content (AvgIpc) is 3.39. The molecular formula is C27H30Br2N4O. The molecule has 0 aliphatic carbocycles. The summed E-state index contributed by atoms with van der Waals surface area (Å²) in [6.07, 6.45) is 1.67. The highest BCUT2D eigenvalue weighted by Crippen LogP contribution is 2.40. The van der Waals surface area contributed by atoms with E-state index in [0.29, 0.717) is 0 Å². The zero-order valence-electron chi connectivity index (χ0n) is 20.7. The van der Waals surface area contributed by atoms with Crippen LogP contribution in [0.1, 0.15) is 61.6 Å². The molecule has 0 saturated heterocycles. The smallest absolute Gasteiger partial charge is 0.164 e. The van der Waals surface area contributed by atoms with E-state index in [4.69, 9.17) is 14.7 Å². The molecular weight excluding hydrogens is 556 g/mol. The predicted octanol–water partition coefficient (Wildman–Crippen LogP) is 7.51. The lowest BCUT2D eigenvalue weighted by Gasteiger charge is -2.16. The molecule has 2 N–H and O–H groups in total. The minimum absolute atomic E-state index is 0.0656. The van der Waals surface area contributed by atoms with Crippen molar-refractivity contribution in [3.63, 3.8) is 0 Å². The van der Waals surface area contributed by atoms with Crippen LogP contribution in [0, 0.1) is 13.8 Å². The maximum Gasteiger partial charge on any atom is 0.164 e. The number of H-pyrrole nitrogens is 2. The van der Waals surface area contributed by atoms with Gasteiger partial charge in [-0.3, -0.25) is 9.97 Å². The van der Waals surface area contributed by atoms with Crippen molar-refractivity contribution >= 4 is 53.9 Å². The Balaban J connectivity index is 1.99. The van der Waals surface area contributed by atoms with Crippen molar-refractivity contribution in [1.29, 1.82) is 0 Å². The van der Waals surface area contributed by atoms with Crippen molar-refractivity contribution in [2.75, 3.05) is 7.11 Å². The van der Waals surface area contributed by atoms with Gasteiger partial charge in [0.2, 0.25) is 0 Å². The SMILES string of the molecule is COc1c2nc(cc3[nH]c(cc4nc(cc5[nH]c1c(Br)c5C)C(C)(C)C4)c(Br)c3C)C(C)(C)C2. The van der Waals surface area contributed by atoms with E-state index in [0.717, 1.165) is 77.9 Å². The number of methoxy groups -OCH3 is 1. The highest BCUT2D eigenvalue weighted by molar-refractivity contribution is 9.11. The molecule has 34 heavy (non-hydrogen) atoms. The van der Waals surface area contributed by atoms with Crippen molar-refractivity contribution in [3.05, 3.63) is 61.0 Å². The van der Waals surface area contributed by atoms with Crippen LogP contribution >= 0.6 is 31.9 Å². The zero-order chi connectivity index (χ0) is 24.6. The second kappa shape index (κ2) is 7.95. The van der Waals surface area contributed by atoms with E-state index in [1.807, 2.05) is 0 Å². The number of halogens is 2. The molecule has 2 aliphatic heterocycles. The summed E-state index contributed by atoms with van der Waals surface area (Å²) >= 11 is 7.62. The van der Waals surface area contributed by atoms with Crippen LogP contribution in [0.3, 0.4) is 0 Å². The van der Waals surface area contributed by atoms with Crippen molar-refractivity contribution in [2.45, 2.75) is 65.2 Å². The van der Waals surface area contributed by atoms with Crippen LogP contribution in [-0.2, 0) is 23.7 Å². The Morgan fingerprint density at radius 1 is 0.794 bits per heavy atom. The molecule has 5 rings (SSSR count). The standard InChI is InChI=1S/C27H30Br2N4O/c1-13-16-9-21-27(5,6)12-19(32-21)25(34-7)24-23(29)14(2)17(33-24)10-20-26(3,4)11-15(30-20)8-18(31-16)22(13)28/h8-10,31,33H,11-12H2,1-7H3. The first-order valence-corrected chi connectivity index (χ1v) is 13.1. The number of rotatable bonds is 1. The Morgan fingerprint density at radius 3 is 2.06 bits per heavy atom. The molecule has 0 aromatic carbocycles. The Hall–Kier alpha value is -2.12. The molecule has 0 radical (unpaired) electrons. The highest BCUT2D eigenvalue weighted by Gasteiger charge is 2.32. The fourth-order valence-electron chi connectivity index (χ4n) is 4.96. The van der Waals surface area contributed by atoms with Crippen LogP contribution < -0.4 is 4.74 Å². The number of aryl methyl sites for hydroxylation is 2. The van der Waals surface area contributed by atoms with Gasteiger partial charge in [-0.15, -0.1) is 0 Å². The van der Waals surface area contributed by atoms with E-state index in [1.165, 1.54) is 5.56 Å². The van der Waals surface area contributed by atoms with E-state index < -0.39 is 0 Å². The topological polar surface area (TPSA) is 66.6 Å². The predicted molar refractivity (Wildman–Crippen MR) is 146 cm³/mol. The lowest BCUT2D eigenvalue weighted by Crippen LogP contribution is -2.15. The molecule has 8 bridgehead atoms. The van der Waals surface area contributed by atoms with E-state index >= 15 is 0 Å². The molecule has 2 aliphatic rings. The van der Waals surface area contributed by atoms with Crippen LogP contribution in [0.15, 0.2) is 27.1 Å². The van der Waals surface area contributed by atoms with Crippen LogP contribution in [-0.4, -0.2) is 27.0 Å². The molecule has 5 nitrogen and oxygen atoms in total. The van der Waals surface area contributed by atoms with Gasteiger partial charge in [-0.25, -0.2) is 0 Å². The lowest BCUT2D eigenvalue weighted by molar-refractivity contribution is 0.409. The van der Waals surface area contributed by atoms with Crippen molar-refractivity contribution in [3.8, 4) is 5.75 Å². The van der Waals surface area contributed by atoms with Gasteiger partial charge >= 0.3 is 0 Å². The number of ether oxygens (including phenoxy) is 1. The molecule has 0 fully saturated rings. The fraction of sp³-hybridized carbons (Fsp3) is 0.407. The quantitative estimate of drug-likeness (QED) is 0.310. The zero-order valence-corrected chi connectivity index (χ0v) is 23.9. The Bertz CT molecular complexity index is 1490. The van der Waals surface area contributed by atoms with E-state index in [9.17, 15) is 0 Å². The Labute approximate surface area is 217 Å². The van der Waals surface area contributed by atoms with Crippen LogP contribution in [0.2, 0.25) is 0 Å². The first-order chi connectivity index (χ1) is 15.9. The Kier molecular flexibility index (Phi) is 5.52. The van der Waals surface area contributed by atoms with Gasteiger partial charge in [-0.05, 0) is 75.0 Å². The summed E-state index contributed by atoms with van der Waals surface area (Å²) in [6.45, 7) is 13.2. The molecule has 7 heteroatoms. The summed E-state index contributed by atoms with van der Waals surface area (Å²) in [6, 6.07) is 6.52. The summed E-state index contributed by atoms with van der Waals surface area (Å²) in [5, 5.41) is 0. The third-order valence-electron chi connectivity index (χ3n) is 7.16. The minimum atomic E-state index is -0.118. The largest absolute Gasteiger partial charge is 0.493 e. The maximum atomic E-state index is 5.96. The molecule has 3 aromatic heterocycles. The molecule has 0 unspecified atom stereocenters. The van der Waals surface area contributed by atoms with Crippen LogP contribution in [0.25, 0.3) is 22.1 Å². The summed E-state index contributed by atoms with van der Waals surface area (Å²) in [5.41, 5.74) is 10.3. The third kappa shape index (κ3) is 3.72. The second-order valence-electron chi connectivity index (χ2n) is 10.8. The molecule has 0 atom stereocenters. The van der Waals surface area contributed by atoms with Crippen molar-refractivity contribution in [2.24, 2.45) is 0 Å². The normalized spacial score (nSPS) is 16.6. The van der Waals surface area contributed by atoms with E-state index in [-0.39, 0.29) is 10.8 Å². The summed E-state index contributed by atoms with van der Waals surface area (Å²) in [5.74, 6) is 0.775. The van der Waals surface area contributed by atoms with Gasteiger partial charge < -0.3 is 14.7 Å². The van der Waals surface area contributed by atoms with Crippen molar-refractivity contribution < 1.29 is 4.74 Å². The first kappa shape index (κ1) is 23.6. The number of hydrogen-bond acceptors (Lipinski definition) is 3. The average molecular weight is 586 g/mol. The van der Waals surface area contributed by atoms with Gasteiger partial charge in [0.25, 0.3) is 0 Å². The van der Waals surface area contributed by atoms with Gasteiger partial charge in [0.1, 0.15) is 0 Å². The molecule has 3 aromatic rings. The minimum Gasteiger partial charge on any atom is -0.493 e. The lowest BCUT2D eigenvalue weighted by atomic mass is 9.86. The number of nitrogens with zero attached hydrogens (tertiary/aromatic N) is 2. The van der Waals surface area contributed by atoms with Crippen LogP contribution in [0.5, 0.6) is 5.75 Å². The number of aromatic nitrogens is 4. The molecule has 0 saturated carbocycles. The van der Waals surface area contributed by atoms with Gasteiger partial charge in [0.05, 0.1) is 23.8 Å². The van der Waals surface area contributed by atoms with Crippen LogP contribution in [0.4, 0.5) is 0 Å². The summed E-state index contributed by atoms with van der Waals surface area (Å²) in [7, 11) is 1.72. The molecule has 0 amide bonds. The monoisotopic (exact) mass is 584 g/mol. The maximum absolute atomic E-state index is 5.96. The fourth-order valence-corrected chi connectivity index (χ4v) is 5.88. The highest BCUT2D eigenvalue weighted by atomic mass is 79.9. The third-order valence-corrected chi connectivity index (χ3v) is 9.17. The number of hydrogen-bond donors (Lipinski definition) is 2. The Morgan fingerprint density at radius 2 is 1.38 bits per heavy atom. The molecule has 5 heterocycles. The number of nitrogens with one attached hydrogen (secondary N) is 2.